The van der Waals surface area contributed by atoms with Gasteiger partial charge in [0.25, 0.3) is 0 Å². The molecule has 2 aromatic carbocycles. The molecule has 7 heteroatoms. The monoisotopic (exact) mass is 455 g/mol. The number of nitrogens with one attached hydrogen (secondary N) is 1. The number of hydrogen-bond donors (Lipinski definition) is 1. The van der Waals surface area contributed by atoms with Crippen molar-refractivity contribution >= 4 is 29.1 Å². The summed E-state index contributed by atoms with van der Waals surface area (Å²) in [6.45, 7) is 8.52. The summed E-state index contributed by atoms with van der Waals surface area (Å²) in [5.74, 6) is 2.13. The van der Waals surface area contributed by atoms with Gasteiger partial charge in [-0.2, -0.15) is 0 Å². The first kappa shape index (κ1) is 22.6. The Morgan fingerprint density at radius 1 is 1.22 bits per heavy atom. The van der Waals surface area contributed by atoms with Crippen molar-refractivity contribution in [2.75, 3.05) is 26.2 Å². The van der Waals surface area contributed by atoms with Gasteiger partial charge in [0.1, 0.15) is 17.3 Å². The van der Waals surface area contributed by atoms with Gasteiger partial charge in [0, 0.05) is 30.7 Å². The number of amidine groups is 1. The summed E-state index contributed by atoms with van der Waals surface area (Å²) < 4.78 is 11.7. The maximum atomic E-state index is 13.0. The molecular formula is C25H30ClN3O3. The van der Waals surface area contributed by atoms with E-state index in [0.29, 0.717) is 42.5 Å². The standard InChI is InChI=1S/C25H30ClN3O3/c1-4-25(5-2,24(30)31-6-3)22-16-29(14-13-27-22)23-18-9-7-8-10-20(18)32-21-12-11-17(26)15-19(21)28-23/h7-12,15,22,27H,4-6,13-14,16H2,1-3H3/t22-/m1/s1. The molecule has 1 saturated heterocycles. The van der Waals surface area contributed by atoms with Gasteiger partial charge in [-0.1, -0.05) is 37.6 Å². The third kappa shape index (κ3) is 4.09. The van der Waals surface area contributed by atoms with Gasteiger partial charge >= 0.3 is 5.97 Å². The molecule has 2 aliphatic rings. The highest BCUT2D eigenvalue weighted by Crippen LogP contribution is 2.40. The molecule has 0 radical (unpaired) electrons. The zero-order valence-electron chi connectivity index (χ0n) is 18.9. The lowest BCUT2D eigenvalue weighted by Crippen LogP contribution is -2.61. The van der Waals surface area contributed by atoms with E-state index in [9.17, 15) is 4.79 Å². The molecule has 6 nitrogen and oxygen atoms in total. The molecule has 0 bridgehead atoms. The van der Waals surface area contributed by atoms with Crippen molar-refractivity contribution in [3.63, 3.8) is 0 Å². The molecular weight excluding hydrogens is 426 g/mol. The SMILES string of the molecule is CCOC(=O)C(CC)(CC)[C@H]1CN(C2=Nc3cc(Cl)ccc3Oc3ccccc32)CCN1. The average molecular weight is 456 g/mol. The Bertz CT molecular complexity index is 1020. The number of hydrogen-bond acceptors (Lipinski definition) is 6. The number of rotatable bonds is 5. The number of carbonyl (C=O) groups excluding carboxylic acids is 1. The van der Waals surface area contributed by atoms with Crippen molar-refractivity contribution in [1.82, 2.24) is 10.2 Å². The summed E-state index contributed by atoms with van der Waals surface area (Å²) in [4.78, 5) is 20.3. The van der Waals surface area contributed by atoms with Crippen molar-refractivity contribution in [3.8, 4) is 11.5 Å². The molecule has 2 heterocycles. The third-order valence-electron chi connectivity index (χ3n) is 6.58. The Balaban J connectivity index is 1.74. The third-order valence-corrected chi connectivity index (χ3v) is 6.82. The van der Waals surface area contributed by atoms with Crippen molar-refractivity contribution in [2.24, 2.45) is 10.4 Å². The van der Waals surface area contributed by atoms with Crippen LogP contribution in [-0.4, -0.2) is 49.0 Å². The molecule has 0 aliphatic carbocycles. The lowest BCUT2D eigenvalue weighted by molar-refractivity contribution is -0.158. The van der Waals surface area contributed by atoms with E-state index in [-0.39, 0.29) is 12.0 Å². The number of piperazine rings is 1. The fraction of sp³-hybridized carbons (Fsp3) is 0.440. The molecule has 0 amide bonds. The van der Waals surface area contributed by atoms with Crippen LogP contribution in [0.3, 0.4) is 0 Å². The number of nitrogens with zero attached hydrogens (tertiary/aromatic N) is 2. The molecule has 4 rings (SSSR count). The number of aliphatic imine (C=N–C) groups is 1. The van der Waals surface area contributed by atoms with Gasteiger partial charge in [-0.3, -0.25) is 4.79 Å². The topological polar surface area (TPSA) is 63.2 Å². The van der Waals surface area contributed by atoms with Crippen molar-refractivity contribution in [1.29, 1.82) is 0 Å². The summed E-state index contributed by atoms with van der Waals surface area (Å²) in [6.07, 6.45) is 1.41. The van der Waals surface area contributed by atoms with Crippen LogP contribution < -0.4 is 10.1 Å². The van der Waals surface area contributed by atoms with E-state index in [1.807, 2.05) is 43.3 Å². The number of esters is 1. The number of para-hydroxylation sites is 1. The highest BCUT2D eigenvalue weighted by atomic mass is 35.5. The van der Waals surface area contributed by atoms with E-state index in [1.54, 1.807) is 6.07 Å². The largest absolute Gasteiger partial charge is 0.466 e. The molecule has 32 heavy (non-hydrogen) atoms. The van der Waals surface area contributed by atoms with E-state index in [4.69, 9.17) is 26.1 Å². The Labute approximate surface area is 194 Å². The molecule has 2 aromatic rings. The normalized spacial score (nSPS) is 18.1. The van der Waals surface area contributed by atoms with Crippen LogP contribution in [0.15, 0.2) is 47.5 Å². The molecule has 1 atom stereocenters. The van der Waals surface area contributed by atoms with Crippen LogP contribution in [0.4, 0.5) is 5.69 Å². The first-order valence-corrected chi connectivity index (χ1v) is 11.7. The number of carbonyl (C=O) groups is 1. The fourth-order valence-electron chi connectivity index (χ4n) is 4.70. The van der Waals surface area contributed by atoms with E-state index >= 15 is 0 Å². The van der Waals surface area contributed by atoms with Crippen LogP contribution in [0.5, 0.6) is 11.5 Å². The minimum atomic E-state index is -0.586. The van der Waals surface area contributed by atoms with E-state index < -0.39 is 5.41 Å². The molecule has 0 aromatic heterocycles. The first-order chi connectivity index (χ1) is 15.5. The van der Waals surface area contributed by atoms with Gasteiger partial charge in [0.15, 0.2) is 5.75 Å². The Morgan fingerprint density at radius 3 is 2.75 bits per heavy atom. The molecule has 170 valence electrons. The highest BCUT2D eigenvalue weighted by Gasteiger charge is 2.46. The summed E-state index contributed by atoms with van der Waals surface area (Å²) in [7, 11) is 0. The second-order valence-corrected chi connectivity index (χ2v) is 8.62. The quantitative estimate of drug-likeness (QED) is 0.630. The Morgan fingerprint density at radius 2 is 2.00 bits per heavy atom. The summed E-state index contributed by atoms with van der Waals surface area (Å²) in [5.41, 5.74) is 1.04. The second kappa shape index (κ2) is 9.51. The van der Waals surface area contributed by atoms with Crippen LogP contribution in [0.1, 0.15) is 39.2 Å². The molecule has 0 unspecified atom stereocenters. The number of halogens is 1. The lowest BCUT2D eigenvalue weighted by atomic mass is 9.74. The van der Waals surface area contributed by atoms with E-state index in [2.05, 4.69) is 24.1 Å². The molecule has 1 fully saturated rings. The Kier molecular flexibility index (Phi) is 6.72. The van der Waals surface area contributed by atoms with Gasteiger partial charge in [0.05, 0.1) is 17.6 Å². The van der Waals surface area contributed by atoms with Crippen molar-refractivity contribution in [3.05, 3.63) is 53.1 Å². The van der Waals surface area contributed by atoms with E-state index in [1.165, 1.54) is 0 Å². The minimum Gasteiger partial charge on any atom is -0.466 e. The first-order valence-electron chi connectivity index (χ1n) is 11.3. The van der Waals surface area contributed by atoms with Crippen LogP contribution in [0.25, 0.3) is 0 Å². The fourth-order valence-corrected chi connectivity index (χ4v) is 4.87. The summed E-state index contributed by atoms with van der Waals surface area (Å²) >= 11 is 6.26. The zero-order valence-corrected chi connectivity index (χ0v) is 19.6. The second-order valence-electron chi connectivity index (χ2n) is 8.18. The predicted molar refractivity (Wildman–Crippen MR) is 127 cm³/mol. The molecule has 2 aliphatic heterocycles. The van der Waals surface area contributed by atoms with Gasteiger partial charge < -0.3 is 19.7 Å². The molecule has 0 spiro atoms. The van der Waals surface area contributed by atoms with Gasteiger partial charge in [0.2, 0.25) is 0 Å². The van der Waals surface area contributed by atoms with Crippen molar-refractivity contribution in [2.45, 2.75) is 39.7 Å². The molecule has 1 N–H and O–H groups in total. The van der Waals surface area contributed by atoms with E-state index in [0.717, 1.165) is 30.2 Å². The van der Waals surface area contributed by atoms with Crippen LogP contribution in [0.2, 0.25) is 5.02 Å². The summed E-state index contributed by atoms with van der Waals surface area (Å²) in [6, 6.07) is 13.3. The number of ether oxygens (including phenoxy) is 2. The molecule has 0 saturated carbocycles. The van der Waals surface area contributed by atoms with Crippen LogP contribution >= 0.6 is 11.6 Å². The summed E-state index contributed by atoms with van der Waals surface area (Å²) in [5, 5.41) is 4.20. The van der Waals surface area contributed by atoms with Crippen molar-refractivity contribution < 1.29 is 14.3 Å². The van der Waals surface area contributed by atoms with Gasteiger partial charge in [-0.05, 0) is 50.1 Å². The maximum absolute atomic E-state index is 13.0. The van der Waals surface area contributed by atoms with Gasteiger partial charge in [-0.15, -0.1) is 0 Å². The average Bonchev–Trinajstić information content (AvgIpc) is 2.97. The van der Waals surface area contributed by atoms with Crippen LogP contribution in [0, 0.1) is 5.41 Å². The number of fused-ring (bicyclic) bond motifs is 2. The minimum absolute atomic E-state index is 0.0526. The number of benzene rings is 2. The highest BCUT2D eigenvalue weighted by molar-refractivity contribution is 6.31. The predicted octanol–water partition coefficient (Wildman–Crippen LogP) is 5.17. The Hall–Kier alpha value is -2.57. The van der Waals surface area contributed by atoms with Gasteiger partial charge in [-0.25, -0.2) is 4.99 Å². The smallest absolute Gasteiger partial charge is 0.313 e. The zero-order chi connectivity index (χ0) is 22.7. The maximum Gasteiger partial charge on any atom is 0.313 e. The lowest BCUT2D eigenvalue weighted by Gasteiger charge is -2.44. The van der Waals surface area contributed by atoms with Crippen LogP contribution in [-0.2, 0) is 9.53 Å².